The van der Waals surface area contributed by atoms with E-state index in [-0.39, 0.29) is 6.16 Å². The van der Waals surface area contributed by atoms with Crippen LogP contribution in [-0.4, -0.2) is 23.8 Å². The number of halogens is 3. The molecule has 0 aromatic rings. The summed E-state index contributed by atoms with van der Waals surface area (Å²) in [6.07, 6.45) is -1.88. The number of alkyl halides is 3. The number of hydrogen-bond acceptors (Lipinski definition) is 2. The summed E-state index contributed by atoms with van der Waals surface area (Å²) in [5, 5.41) is 0. The number of rotatable bonds is 6. The van der Waals surface area contributed by atoms with Gasteiger partial charge in [-0.15, -0.1) is 0 Å². The van der Waals surface area contributed by atoms with Crippen LogP contribution >= 0.6 is 6.49 Å². The van der Waals surface area contributed by atoms with Crippen molar-refractivity contribution in [2.24, 2.45) is 0 Å². The summed E-state index contributed by atoms with van der Waals surface area (Å²) in [4.78, 5) is 9.31. The van der Waals surface area contributed by atoms with E-state index in [0.717, 1.165) is 12.8 Å². The molecule has 0 fully saturated rings. The van der Waals surface area contributed by atoms with E-state index in [1.54, 1.807) is 0 Å². The molecule has 14 heavy (non-hydrogen) atoms. The molecule has 2 nitrogen and oxygen atoms in total. The largest absolute Gasteiger partial charge is 0.412 e. The van der Waals surface area contributed by atoms with Gasteiger partial charge in [0, 0.05) is 6.16 Å². The Labute approximate surface area is 86.6 Å². The summed E-state index contributed by atoms with van der Waals surface area (Å²) in [5.41, 5.74) is 0. The molecule has 0 heterocycles. The smallest absolute Gasteiger partial charge is 0.345 e. The Morgan fingerprint density at radius 1 is 1.36 bits per heavy atom. The summed E-state index contributed by atoms with van der Waals surface area (Å²) in [7, 11) is 0. The lowest BCUT2D eigenvalue weighted by molar-refractivity contribution is -0.153. The van der Waals surface area contributed by atoms with Gasteiger partial charge < -0.3 is 9.42 Å². The van der Waals surface area contributed by atoms with E-state index in [9.17, 15) is 18.1 Å². The van der Waals surface area contributed by atoms with Crippen LogP contribution in [0.1, 0.15) is 26.2 Å². The molecule has 0 radical (unpaired) electrons. The van der Waals surface area contributed by atoms with Gasteiger partial charge >= 0.3 is 6.18 Å². The van der Waals surface area contributed by atoms with E-state index >= 15 is 0 Å². The third-order valence-electron chi connectivity index (χ3n) is 1.47. The van der Waals surface area contributed by atoms with Crippen molar-refractivity contribution in [3.8, 4) is 0 Å². The minimum absolute atomic E-state index is 0.159. The van der Waals surface area contributed by atoms with Gasteiger partial charge in [-0.3, -0.25) is 0 Å². The first-order valence-corrected chi connectivity index (χ1v) is 7.16. The second-order valence-electron chi connectivity index (χ2n) is 2.96. The van der Waals surface area contributed by atoms with Gasteiger partial charge in [0.1, 0.15) is 6.61 Å². The maximum atomic E-state index is 11.7. The normalized spacial score (nSPS) is 16.6. The average molecular weight is 250 g/mol. The molecule has 1 unspecified atom stereocenters. The third-order valence-corrected chi connectivity index (χ3v) is 3.75. The van der Waals surface area contributed by atoms with Gasteiger partial charge in [-0.05, 0) is 18.2 Å². The van der Waals surface area contributed by atoms with Crippen molar-refractivity contribution in [2.45, 2.75) is 32.4 Å². The van der Waals surface area contributed by atoms with Crippen LogP contribution in [-0.2, 0) is 16.3 Å². The molecule has 0 aromatic carbocycles. The van der Waals surface area contributed by atoms with Gasteiger partial charge in [0.05, 0.1) is 0 Å². The van der Waals surface area contributed by atoms with E-state index < -0.39 is 19.3 Å². The summed E-state index contributed by atoms with van der Waals surface area (Å²) in [6.45, 7) is -2.70. The van der Waals surface area contributed by atoms with Crippen molar-refractivity contribution >= 4 is 18.3 Å². The molecule has 0 spiro atoms. The Bertz CT molecular complexity index is 208. The Morgan fingerprint density at radius 3 is 2.36 bits per heavy atom. The lowest BCUT2D eigenvalue weighted by atomic mass is 10.3. The summed E-state index contributed by atoms with van der Waals surface area (Å²) in [6, 6.07) is 0. The second kappa shape index (κ2) is 6.05. The van der Waals surface area contributed by atoms with Gasteiger partial charge in [0.25, 0.3) is 0 Å². The molecule has 0 aliphatic rings. The van der Waals surface area contributed by atoms with Crippen LogP contribution < -0.4 is 0 Å². The summed E-state index contributed by atoms with van der Waals surface area (Å²) in [5.74, 6) is 0. The third kappa shape index (κ3) is 8.94. The fourth-order valence-electron chi connectivity index (χ4n) is 0.800. The molecule has 0 saturated carbocycles. The number of hydrogen-bond donors (Lipinski definition) is 1. The van der Waals surface area contributed by atoms with Gasteiger partial charge in [-0.2, -0.15) is 13.2 Å². The van der Waals surface area contributed by atoms with Gasteiger partial charge in [0.15, 0.2) is 6.49 Å². The van der Waals surface area contributed by atoms with Crippen molar-refractivity contribution < 1.29 is 22.6 Å². The summed E-state index contributed by atoms with van der Waals surface area (Å²) < 4.78 is 39.4. The maximum Gasteiger partial charge on any atom is 0.412 e. The van der Waals surface area contributed by atoms with E-state index in [0.29, 0.717) is 6.42 Å². The molecule has 0 bridgehead atoms. The van der Waals surface area contributed by atoms with E-state index in [1.165, 1.54) is 0 Å². The SMILES string of the molecule is CCCCCP(O)(=S)OCC(F)(F)F. The Hall–Kier alpha value is 0.360. The van der Waals surface area contributed by atoms with E-state index in [2.05, 4.69) is 16.3 Å². The highest BCUT2D eigenvalue weighted by atomic mass is 32.5. The molecule has 0 aliphatic heterocycles. The number of unbranched alkanes of at least 4 members (excludes halogenated alkanes) is 2. The molecule has 1 atom stereocenters. The molecule has 0 saturated heterocycles. The maximum absolute atomic E-state index is 11.7. The molecule has 0 rings (SSSR count). The lowest BCUT2D eigenvalue weighted by Crippen LogP contribution is -2.16. The average Bonchev–Trinajstić information content (AvgIpc) is 2.00. The molecule has 7 heteroatoms. The fraction of sp³-hybridized carbons (Fsp3) is 1.00. The highest BCUT2D eigenvalue weighted by Crippen LogP contribution is 2.44. The van der Waals surface area contributed by atoms with Crippen molar-refractivity contribution in [1.29, 1.82) is 0 Å². The van der Waals surface area contributed by atoms with Crippen LogP contribution in [0, 0.1) is 0 Å². The summed E-state index contributed by atoms with van der Waals surface area (Å²) >= 11 is 4.57. The lowest BCUT2D eigenvalue weighted by Gasteiger charge is -2.16. The van der Waals surface area contributed by atoms with Crippen molar-refractivity contribution in [3.05, 3.63) is 0 Å². The van der Waals surface area contributed by atoms with E-state index in [4.69, 9.17) is 0 Å². The standard InChI is InChI=1S/C7H14F3O2PS/c1-2-3-4-5-13(11,14)12-6-7(8,9)10/h2-6H2,1H3,(H,11,14). The fourth-order valence-corrected chi connectivity index (χ4v) is 2.45. The minimum Gasteiger partial charge on any atom is -0.345 e. The predicted octanol–water partition coefficient (Wildman–Crippen LogP) is 3.06. The van der Waals surface area contributed by atoms with E-state index in [1.807, 2.05) is 6.92 Å². The molecular weight excluding hydrogens is 236 g/mol. The first-order valence-electron chi connectivity index (χ1n) is 4.30. The zero-order valence-corrected chi connectivity index (χ0v) is 9.59. The second-order valence-corrected chi connectivity index (χ2v) is 6.65. The monoisotopic (exact) mass is 250 g/mol. The van der Waals surface area contributed by atoms with Gasteiger partial charge in [0.2, 0.25) is 0 Å². The first kappa shape index (κ1) is 14.4. The Kier molecular flexibility index (Phi) is 6.21. The molecule has 0 aromatic heterocycles. The molecular formula is C7H14F3O2PS. The molecule has 0 aliphatic carbocycles. The molecule has 0 amide bonds. The minimum atomic E-state index is -4.42. The topological polar surface area (TPSA) is 29.5 Å². The quantitative estimate of drug-likeness (QED) is 0.580. The van der Waals surface area contributed by atoms with Crippen molar-refractivity contribution in [3.63, 3.8) is 0 Å². The van der Waals surface area contributed by atoms with Gasteiger partial charge in [-0.25, -0.2) is 0 Å². The first-order chi connectivity index (χ1) is 6.27. The van der Waals surface area contributed by atoms with Crippen LogP contribution in [0.5, 0.6) is 0 Å². The van der Waals surface area contributed by atoms with Crippen molar-refractivity contribution in [1.82, 2.24) is 0 Å². The van der Waals surface area contributed by atoms with Gasteiger partial charge in [-0.1, -0.05) is 19.8 Å². The highest BCUT2D eigenvalue weighted by molar-refractivity contribution is 8.09. The molecule has 86 valence electrons. The van der Waals surface area contributed by atoms with Crippen LogP contribution in [0.4, 0.5) is 13.2 Å². The van der Waals surface area contributed by atoms with Crippen molar-refractivity contribution in [2.75, 3.05) is 12.8 Å². The zero-order chi connectivity index (χ0) is 11.2. The highest BCUT2D eigenvalue weighted by Gasteiger charge is 2.30. The van der Waals surface area contributed by atoms with Crippen LogP contribution in [0.25, 0.3) is 0 Å². The van der Waals surface area contributed by atoms with Crippen LogP contribution in [0.15, 0.2) is 0 Å². The zero-order valence-electron chi connectivity index (χ0n) is 7.88. The Morgan fingerprint density at radius 2 is 1.93 bits per heavy atom. The van der Waals surface area contributed by atoms with Crippen LogP contribution in [0.3, 0.4) is 0 Å². The predicted molar refractivity (Wildman–Crippen MR) is 52.9 cm³/mol. The Balaban J connectivity index is 3.78. The van der Waals surface area contributed by atoms with Crippen LogP contribution in [0.2, 0.25) is 0 Å². The molecule has 1 N–H and O–H groups in total.